The highest BCUT2D eigenvalue weighted by atomic mass is 14.9. The first-order chi connectivity index (χ1) is 22.3. The molecule has 0 saturated carbocycles. The van der Waals surface area contributed by atoms with Crippen molar-refractivity contribution in [1.29, 1.82) is 0 Å². The van der Waals surface area contributed by atoms with Crippen LogP contribution in [0.1, 0.15) is 22.3 Å². The summed E-state index contributed by atoms with van der Waals surface area (Å²) in [4.78, 5) is 15.2. The number of nitrogens with zero attached hydrogens (tertiary/aromatic N) is 3. The molecule has 3 nitrogen and oxygen atoms in total. The number of hydrogen-bond acceptors (Lipinski definition) is 3. The topological polar surface area (TPSA) is 38.7 Å². The van der Waals surface area contributed by atoms with E-state index in [0.717, 1.165) is 38.8 Å². The van der Waals surface area contributed by atoms with Crippen molar-refractivity contribution in [2.75, 3.05) is 0 Å². The van der Waals surface area contributed by atoms with Crippen LogP contribution in [-0.2, 0) is 5.41 Å². The van der Waals surface area contributed by atoms with E-state index in [1.165, 1.54) is 33.4 Å². The van der Waals surface area contributed by atoms with Crippen LogP contribution in [0.3, 0.4) is 0 Å². The van der Waals surface area contributed by atoms with Gasteiger partial charge in [-0.25, -0.2) is 15.0 Å². The fraction of sp³-hybridized carbons (Fsp3) is 0.0238. The van der Waals surface area contributed by atoms with Gasteiger partial charge in [0.05, 0.1) is 22.1 Å². The summed E-state index contributed by atoms with van der Waals surface area (Å²) in [6.07, 6.45) is 0. The minimum atomic E-state index is -0.476. The molecule has 2 heterocycles. The van der Waals surface area contributed by atoms with Gasteiger partial charge in [0.1, 0.15) is 5.69 Å². The summed E-state index contributed by atoms with van der Waals surface area (Å²) in [6.45, 7) is 0. The molecular weight excluding hydrogens is 546 g/mol. The third-order valence-electron chi connectivity index (χ3n) is 9.16. The Balaban J connectivity index is 1.33. The smallest absolute Gasteiger partial charge is 0.179 e. The predicted octanol–water partition coefficient (Wildman–Crippen LogP) is 9.88. The van der Waals surface area contributed by atoms with Gasteiger partial charge in [0.25, 0.3) is 0 Å². The summed E-state index contributed by atoms with van der Waals surface area (Å²) in [5, 5.41) is 2.11. The maximum Gasteiger partial charge on any atom is 0.179 e. The molecule has 0 saturated heterocycles. The van der Waals surface area contributed by atoms with Crippen LogP contribution in [-0.4, -0.2) is 15.0 Å². The van der Waals surface area contributed by atoms with Crippen LogP contribution in [0.15, 0.2) is 164 Å². The van der Waals surface area contributed by atoms with E-state index in [-0.39, 0.29) is 0 Å². The first-order valence-corrected chi connectivity index (χ1v) is 15.3. The monoisotopic (exact) mass is 573 g/mol. The van der Waals surface area contributed by atoms with Gasteiger partial charge in [-0.05, 0) is 57.6 Å². The van der Waals surface area contributed by atoms with E-state index in [2.05, 4.69) is 133 Å². The van der Waals surface area contributed by atoms with E-state index in [9.17, 15) is 0 Å². The van der Waals surface area contributed by atoms with Crippen LogP contribution in [0.25, 0.3) is 55.7 Å². The van der Waals surface area contributed by atoms with Crippen LogP contribution in [0, 0.1) is 0 Å². The minimum Gasteiger partial charge on any atom is -0.244 e. The average molecular weight is 574 g/mol. The molecule has 3 heteroatoms. The summed E-state index contributed by atoms with van der Waals surface area (Å²) < 4.78 is 0. The number of benzene rings is 6. The van der Waals surface area contributed by atoms with Crippen LogP contribution >= 0.6 is 0 Å². The highest BCUT2D eigenvalue weighted by molar-refractivity contribution is 5.96. The van der Waals surface area contributed by atoms with Crippen LogP contribution in [0.5, 0.6) is 0 Å². The standard InChI is InChI=1S/C42H27N3/c1-3-14-30(15-4-1)42(31-16-5-2-6-17-31)35-20-10-8-18-32(35)33-25-23-29(27-36(33)42)40-34-19-9-12-22-38(34)44-41(45-40)39-26-24-28-13-7-11-21-37(28)43-39/h1-27H. The van der Waals surface area contributed by atoms with Crippen molar-refractivity contribution in [2.24, 2.45) is 0 Å². The SMILES string of the molecule is c1ccc(C2(c3ccccc3)c3ccccc3-c3ccc(-c4nc(-c5ccc6ccccc6n5)nc5ccccc45)cc32)cc1. The molecule has 1 aliphatic rings. The number of rotatable bonds is 4. The Labute approximate surface area is 261 Å². The fourth-order valence-corrected chi connectivity index (χ4v) is 7.19. The Hall–Kier alpha value is -5.93. The molecule has 6 aromatic carbocycles. The summed E-state index contributed by atoms with van der Waals surface area (Å²) in [7, 11) is 0. The van der Waals surface area contributed by atoms with Gasteiger partial charge in [-0.2, -0.15) is 0 Å². The van der Waals surface area contributed by atoms with Gasteiger partial charge < -0.3 is 0 Å². The zero-order valence-corrected chi connectivity index (χ0v) is 24.4. The van der Waals surface area contributed by atoms with Crippen molar-refractivity contribution >= 4 is 21.8 Å². The Morgan fingerprint density at radius 1 is 0.422 bits per heavy atom. The van der Waals surface area contributed by atoms with Gasteiger partial charge in [-0.15, -0.1) is 0 Å². The van der Waals surface area contributed by atoms with Gasteiger partial charge in [-0.3, -0.25) is 0 Å². The van der Waals surface area contributed by atoms with Crippen molar-refractivity contribution in [1.82, 2.24) is 15.0 Å². The van der Waals surface area contributed by atoms with E-state index in [1.54, 1.807) is 0 Å². The lowest BCUT2D eigenvalue weighted by Gasteiger charge is -2.34. The second kappa shape index (κ2) is 10.1. The molecule has 1 aliphatic carbocycles. The molecule has 210 valence electrons. The van der Waals surface area contributed by atoms with Crippen molar-refractivity contribution in [3.8, 4) is 33.9 Å². The first kappa shape index (κ1) is 25.6. The zero-order valence-electron chi connectivity index (χ0n) is 24.4. The molecule has 0 fully saturated rings. The third-order valence-corrected chi connectivity index (χ3v) is 9.16. The molecule has 2 aromatic heterocycles. The van der Waals surface area contributed by atoms with E-state index < -0.39 is 5.41 Å². The highest BCUT2D eigenvalue weighted by Gasteiger charge is 2.46. The molecule has 0 bridgehead atoms. The molecule has 0 N–H and O–H groups in total. The molecular formula is C42H27N3. The molecule has 0 radical (unpaired) electrons. The molecule has 9 rings (SSSR count). The molecule has 45 heavy (non-hydrogen) atoms. The largest absolute Gasteiger partial charge is 0.244 e. The van der Waals surface area contributed by atoms with Gasteiger partial charge in [0, 0.05) is 16.3 Å². The number of para-hydroxylation sites is 2. The van der Waals surface area contributed by atoms with Crippen molar-refractivity contribution in [3.63, 3.8) is 0 Å². The lowest BCUT2D eigenvalue weighted by Crippen LogP contribution is -2.28. The van der Waals surface area contributed by atoms with Crippen LogP contribution < -0.4 is 0 Å². The molecule has 0 aliphatic heterocycles. The summed E-state index contributed by atoms with van der Waals surface area (Å²) in [6, 6.07) is 58.0. The van der Waals surface area contributed by atoms with Crippen LogP contribution in [0.4, 0.5) is 0 Å². The molecule has 0 amide bonds. The quantitative estimate of drug-likeness (QED) is 0.210. The fourth-order valence-electron chi connectivity index (χ4n) is 7.19. The second-order valence-electron chi connectivity index (χ2n) is 11.6. The second-order valence-corrected chi connectivity index (χ2v) is 11.6. The molecule has 8 aromatic rings. The number of aromatic nitrogens is 3. The predicted molar refractivity (Wildman–Crippen MR) is 183 cm³/mol. The Kier molecular flexibility index (Phi) is 5.72. The minimum absolute atomic E-state index is 0.476. The van der Waals surface area contributed by atoms with Gasteiger partial charge >= 0.3 is 0 Å². The van der Waals surface area contributed by atoms with Crippen molar-refractivity contribution in [3.05, 3.63) is 186 Å². The zero-order chi connectivity index (χ0) is 29.8. The lowest BCUT2D eigenvalue weighted by molar-refractivity contribution is 0.768. The molecule has 0 unspecified atom stereocenters. The summed E-state index contributed by atoms with van der Waals surface area (Å²) in [5.41, 5.74) is 11.6. The Morgan fingerprint density at radius 3 is 1.87 bits per heavy atom. The van der Waals surface area contributed by atoms with Gasteiger partial charge in [0.2, 0.25) is 0 Å². The maximum absolute atomic E-state index is 5.24. The van der Waals surface area contributed by atoms with E-state index in [4.69, 9.17) is 15.0 Å². The Morgan fingerprint density at radius 2 is 1.07 bits per heavy atom. The van der Waals surface area contributed by atoms with Crippen LogP contribution in [0.2, 0.25) is 0 Å². The number of fused-ring (bicyclic) bond motifs is 5. The van der Waals surface area contributed by atoms with E-state index >= 15 is 0 Å². The van der Waals surface area contributed by atoms with Crippen molar-refractivity contribution in [2.45, 2.75) is 5.41 Å². The normalized spacial score (nSPS) is 13.1. The lowest BCUT2D eigenvalue weighted by atomic mass is 9.67. The Bertz CT molecular complexity index is 2340. The first-order valence-electron chi connectivity index (χ1n) is 15.3. The average Bonchev–Trinajstić information content (AvgIpc) is 3.42. The summed E-state index contributed by atoms with van der Waals surface area (Å²) >= 11 is 0. The van der Waals surface area contributed by atoms with E-state index in [1.807, 2.05) is 30.3 Å². The van der Waals surface area contributed by atoms with Gasteiger partial charge in [-0.1, -0.05) is 140 Å². The number of pyridine rings is 1. The van der Waals surface area contributed by atoms with Gasteiger partial charge in [0.15, 0.2) is 5.82 Å². The van der Waals surface area contributed by atoms with Crippen molar-refractivity contribution < 1.29 is 0 Å². The summed E-state index contributed by atoms with van der Waals surface area (Å²) in [5.74, 6) is 0.621. The number of hydrogen-bond donors (Lipinski definition) is 0. The third kappa shape index (κ3) is 3.87. The highest BCUT2D eigenvalue weighted by Crippen LogP contribution is 2.56. The van der Waals surface area contributed by atoms with E-state index in [0.29, 0.717) is 5.82 Å². The maximum atomic E-state index is 5.24. The molecule has 0 spiro atoms. The molecule has 0 atom stereocenters.